The average Bonchev–Trinajstić information content (AvgIpc) is 2.67. The topological polar surface area (TPSA) is 60.3 Å². The summed E-state index contributed by atoms with van der Waals surface area (Å²) in [5, 5.41) is 5.15. The molecule has 2 aromatic rings. The third-order valence-electron chi connectivity index (χ3n) is 2.48. The highest BCUT2D eigenvalue weighted by Crippen LogP contribution is 2.32. The Morgan fingerprint density at radius 3 is 2.70 bits per heavy atom. The van der Waals surface area contributed by atoms with E-state index in [-0.39, 0.29) is 5.56 Å². The van der Waals surface area contributed by atoms with Crippen LogP contribution in [0.15, 0.2) is 16.4 Å². The summed E-state index contributed by atoms with van der Waals surface area (Å²) in [6.07, 6.45) is 0.958. The van der Waals surface area contributed by atoms with E-state index in [1.54, 1.807) is 39.4 Å². The first-order valence-corrected chi connectivity index (χ1v) is 7.21. The number of halogens is 1. The second kappa shape index (κ2) is 5.10. The van der Waals surface area contributed by atoms with Crippen molar-refractivity contribution in [1.29, 1.82) is 0 Å². The number of carbonyl (C=O) groups is 1. The van der Waals surface area contributed by atoms with E-state index in [1.165, 1.54) is 15.9 Å². The molecule has 0 aliphatic carbocycles. The predicted octanol–water partition coefficient (Wildman–Crippen LogP) is 3.60. The minimum Gasteiger partial charge on any atom is -0.444 e. The number of amides is 1. The number of hydrogen-bond donors (Lipinski definition) is 1. The largest absolute Gasteiger partial charge is 0.444 e. The van der Waals surface area contributed by atoms with Crippen LogP contribution in [0.1, 0.15) is 20.8 Å². The quantitative estimate of drug-likeness (QED) is 0.875. The summed E-state index contributed by atoms with van der Waals surface area (Å²) in [6, 6.07) is 0. The lowest BCUT2D eigenvalue weighted by atomic mass is 10.2. The molecule has 5 nitrogen and oxygen atoms in total. The van der Waals surface area contributed by atoms with E-state index in [2.05, 4.69) is 5.32 Å². The molecule has 0 unspecified atom stereocenters. The van der Waals surface area contributed by atoms with E-state index in [9.17, 15) is 9.59 Å². The van der Waals surface area contributed by atoms with Gasteiger partial charge >= 0.3 is 6.09 Å². The Hall–Kier alpha value is -1.53. The molecule has 7 heteroatoms. The van der Waals surface area contributed by atoms with E-state index in [0.29, 0.717) is 20.8 Å². The molecule has 0 bridgehead atoms. The van der Waals surface area contributed by atoms with Gasteiger partial charge in [0.15, 0.2) is 0 Å². The number of aromatic nitrogens is 1. The number of carbonyl (C=O) groups excluding carboxylic acids is 1. The zero-order valence-electron chi connectivity index (χ0n) is 11.6. The van der Waals surface area contributed by atoms with Crippen LogP contribution in [-0.2, 0) is 11.8 Å². The lowest BCUT2D eigenvalue weighted by Gasteiger charge is -2.19. The van der Waals surface area contributed by atoms with E-state index in [4.69, 9.17) is 16.3 Å². The molecule has 0 spiro atoms. The summed E-state index contributed by atoms with van der Waals surface area (Å²) < 4.78 is 7.21. The lowest BCUT2D eigenvalue weighted by Crippen LogP contribution is -2.27. The fourth-order valence-electron chi connectivity index (χ4n) is 1.72. The number of pyridine rings is 1. The molecule has 0 aliphatic heterocycles. The molecule has 0 aromatic carbocycles. The Labute approximate surface area is 125 Å². The highest BCUT2D eigenvalue weighted by atomic mass is 35.5. The summed E-state index contributed by atoms with van der Waals surface area (Å²) in [7, 11) is 1.61. The third kappa shape index (κ3) is 2.96. The van der Waals surface area contributed by atoms with Crippen LogP contribution in [-0.4, -0.2) is 16.3 Å². The number of hydrogen-bond acceptors (Lipinski definition) is 4. The maximum absolute atomic E-state index is 12.1. The van der Waals surface area contributed by atoms with Crippen LogP contribution in [0.25, 0.3) is 10.1 Å². The number of aryl methyl sites for hydroxylation is 1. The number of anilines is 1. The third-order valence-corrected chi connectivity index (χ3v) is 3.90. The van der Waals surface area contributed by atoms with Gasteiger partial charge in [0.05, 0.1) is 20.8 Å². The number of fused-ring (bicyclic) bond motifs is 1. The molecule has 2 heterocycles. The molecule has 0 fully saturated rings. The summed E-state index contributed by atoms with van der Waals surface area (Å²) in [6.45, 7) is 5.32. The second-order valence-electron chi connectivity index (χ2n) is 5.37. The summed E-state index contributed by atoms with van der Waals surface area (Å²) in [5.41, 5.74) is -0.391. The minimum atomic E-state index is -0.599. The molecule has 0 saturated carbocycles. The summed E-state index contributed by atoms with van der Waals surface area (Å²) in [4.78, 5) is 23.9. The van der Waals surface area contributed by atoms with Gasteiger partial charge in [-0.25, -0.2) is 4.79 Å². The fraction of sp³-hybridized carbons (Fsp3) is 0.385. The van der Waals surface area contributed by atoms with Crippen LogP contribution in [0.5, 0.6) is 0 Å². The van der Waals surface area contributed by atoms with Gasteiger partial charge in [-0.3, -0.25) is 10.1 Å². The highest BCUT2D eigenvalue weighted by molar-refractivity contribution is 7.18. The molecule has 0 radical (unpaired) electrons. The van der Waals surface area contributed by atoms with Crippen molar-refractivity contribution >= 4 is 44.8 Å². The van der Waals surface area contributed by atoms with E-state index < -0.39 is 11.7 Å². The van der Waals surface area contributed by atoms with E-state index in [0.717, 1.165) is 0 Å². The first-order valence-electron chi connectivity index (χ1n) is 5.95. The Morgan fingerprint density at radius 2 is 2.10 bits per heavy atom. The van der Waals surface area contributed by atoms with Crippen molar-refractivity contribution in [3.8, 4) is 0 Å². The minimum absolute atomic E-state index is 0.211. The highest BCUT2D eigenvalue weighted by Gasteiger charge is 2.19. The zero-order valence-corrected chi connectivity index (χ0v) is 13.2. The van der Waals surface area contributed by atoms with Crippen LogP contribution in [0.3, 0.4) is 0 Å². The number of ether oxygens (including phenoxy) is 1. The molecule has 0 atom stereocenters. The summed E-state index contributed by atoms with van der Waals surface area (Å²) >= 11 is 7.41. The normalized spacial score (nSPS) is 11.7. The van der Waals surface area contributed by atoms with Gasteiger partial charge in [0.1, 0.15) is 5.60 Å². The van der Waals surface area contributed by atoms with Gasteiger partial charge in [0, 0.05) is 18.6 Å². The monoisotopic (exact) mass is 314 g/mol. The van der Waals surface area contributed by atoms with Gasteiger partial charge in [0.2, 0.25) is 0 Å². The molecule has 1 N–H and O–H groups in total. The van der Waals surface area contributed by atoms with Crippen LogP contribution in [0, 0.1) is 0 Å². The Kier molecular flexibility index (Phi) is 3.80. The van der Waals surface area contributed by atoms with Gasteiger partial charge in [-0.15, -0.1) is 11.3 Å². The molecular weight excluding hydrogens is 300 g/mol. The Morgan fingerprint density at radius 1 is 1.45 bits per heavy atom. The first kappa shape index (κ1) is 14.9. The molecule has 0 saturated heterocycles. The standard InChI is InChI=1S/C13H15ClN2O3S/c1-13(2,3)19-12(18)15-8-6-20-10-7(14)5-16(4)11(17)9(8)10/h5-6H,1-4H3,(H,15,18). The predicted molar refractivity (Wildman–Crippen MR) is 81.9 cm³/mol. The Bertz CT molecular complexity index is 728. The van der Waals surface area contributed by atoms with Crippen molar-refractivity contribution in [2.45, 2.75) is 26.4 Å². The van der Waals surface area contributed by atoms with Crippen molar-refractivity contribution in [3.05, 3.63) is 27.0 Å². The molecule has 108 valence electrons. The number of rotatable bonds is 1. The van der Waals surface area contributed by atoms with Crippen LogP contribution >= 0.6 is 22.9 Å². The van der Waals surface area contributed by atoms with Gasteiger partial charge < -0.3 is 9.30 Å². The van der Waals surface area contributed by atoms with Gasteiger partial charge in [0.25, 0.3) is 5.56 Å². The second-order valence-corrected chi connectivity index (χ2v) is 6.66. The van der Waals surface area contributed by atoms with Crippen molar-refractivity contribution in [2.75, 3.05) is 5.32 Å². The SMILES string of the molecule is Cn1cc(Cl)c2scc(NC(=O)OC(C)(C)C)c2c1=O. The van der Waals surface area contributed by atoms with Gasteiger partial charge in [-0.2, -0.15) is 0 Å². The lowest BCUT2D eigenvalue weighted by molar-refractivity contribution is 0.0636. The van der Waals surface area contributed by atoms with Crippen LogP contribution < -0.4 is 10.9 Å². The number of nitrogens with zero attached hydrogens (tertiary/aromatic N) is 1. The molecule has 0 aliphatic rings. The smallest absolute Gasteiger partial charge is 0.412 e. The molecule has 1 amide bonds. The van der Waals surface area contributed by atoms with Crippen molar-refractivity contribution in [3.63, 3.8) is 0 Å². The first-order chi connectivity index (χ1) is 9.19. The van der Waals surface area contributed by atoms with Crippen molar-refractivity contribution < 1.29 is 9.53 Å². The molecule has 2 rings (SSSR count). The summed E-state index contributed by atoms with van der Waals surface area (Å²) in [5.74, 6) is 0. The van der Waals surface area contributed by atoms with Crippen molar-refractivity contribution in [2.24, 2.45) is 7.05 Å². The zero-order chi connectivity index (χ0) is 15.1. The maximum atomic E-state index is 12.1. The fourth-order valence-corrected chi connectivity index (χ4v) is 2.98. The molecule has 20 heavy (non-hydrogen) atoms. The number of nitrogens with one attached hydrogen (secondary N) is 1. The van der Waals surface area contributed by atoms with Crippen LogP contribution in [0.2, 0.25) is 5.02 Å². The van der Waals surface area contributed by atoms with Gasteiger partial charge in [-0.1, -0.05) is 11.6 Å². The van der Waals surface area contributed by atoms with E-state index >= 15 is 0 Å². The van der Waals surface area contributed by atoms with E-state index in [1.807, 2.05) is 0 Å². The number of thiophene rings is 1. The molecular formula is C13H15ClN2O3S. The van der Waals surface area contributed by atoms with Crippen LogP contribution in [0.4, 0.5) is 10.5 Å². The maximum Gasteiger partial charge on any atom is 0.412 e. The molecule has 2 aromatic heterocycles. The van der Waals surface area contributed by atoms with Crippen molar-refractivity contribution in [1.82, 2.24) is 4.57 Å². The van der Waals surface area contributed by atoms with Gasteiger partial charge in [-0.05, 0) is 20.8 Å². The average molecular weight is 315 g/mol. The Balaban J connectivity index is 2.42.